The van der Waals surface area contributed by atoms with Gasteiger partial charge in [0.2, 0.25) is 0 Å². The number of aliphatic hydroxyl groups is 1. The minimum absolute atomic E-state index is 0.147. The van der Waals surface area contributed by atoms with Crippen molar-refractivity contribution < 1.29 is 9.84 Å². The Labute approximate surface area is 146 Å². The highest BCUT2D eigenvalue weighted by Crippen LogP contribution is 2.28. The number of nitrogens with zero attached hydrogens (tertiary/aromatic N) is 2. The van der Waals surface area contributed by atoms with Crippen molar-refractivity contribution in [1.82, 2.24) is 9.88 Å². The first kappa shape index (κ1) is 16.9. The van der Waals surface area contributed by atoms with Crippen molar-refractivity contribution >= 4 is 21.6 Å². The van der Waals surface area contributed by atoms with Gasteiger partial charge in [0.15, 0.2) is 0 Å². The molecule has 0 fully saturated rings. The number of rotatable bonds is 7. The molecule has 1 heterocycles. The van der Waals surface area contributed by atoms with Crippen LogP contribution in [0.25, 0.3) is 10.2 Å². The summed E-state index contributed by atoms with van der Waals surface area (Å²) in [5.41, 5.74) is 1.03. The second kappa shape index (κ2) is 7.75. The molecule has 1 N–H and O–H groups in total. The van der Waals surface area contributed by atoms with E-state index >= 15 is 0 Å². The minimum Gasteiger partial charge on any atom is -0.491 e. The number of hydrogen-bond acceptors (Lipinski definition) is 5. The molecule has 0 amide bonds. The summed E-state index contributed by atoms with van der Waals surface area (Å²) in [6, 6.07) is 17.9. The predicted octanol–water partition coefficient (Wildman–Crippen LogP) is 3.73. The van der Waals surface area contributed by atoms with Gasteiger partial charge in [0, 0.05) is 6.54 Å². The predicted molar refractivity (Wildman–Crippen MR) is 98.6 cm³/mol. The van der Waals surface area contributed by atoms with E-state index in [1.165, 1.54) is 4.70 Å². The van der Waals surface area contributed by atoms with Gasteiger partial charge in [-0.15, -0.1) is 11.3 Å². The highest BCUT2D eigenvalue weighted by Gasteiger charge is 2.19. The van der Waals surface area contributed by atoms with Crippen molar-refractivity contribution in [3.8, 4) is 5.75 Å². The zero-order valence-corrected chi connectivity index (χ0v) is 14.7. The number of thiazole rings is 1. The second-order valence-electron chi connectivity index (χ2n) is 5.91. The van der Waals surface area contributed by atoms with E-state index in [9.17, 15) is 5.11 Å². The molecule has 0 saturated heterocycles. The van der Waals surface area contributed by atoms with Gasteiger partial charge in [-0.3, -0.25) is 4.90 Å². The monoisotopic (exact) mass is 342 g/mol. The lowest BCUT2D eigenvalue weighted by Crippen LogP contribution is -2.34. The van der Waals surface area contributed by atoms with Crippen molar-refractivity contribution in [3.63, 3.8) is 0 Å². The van der Waals surface area contributed by atoms with Crippen molar-refractivity contribution in [2.24, 2.45) is 0 Å². The maximum absolute atomic E-state index is 10.2. The molecule has 5 heteroatoms. The smallest absolute Gasteiger partial charge is 0.119 e. The Morgan fingerprint density at radius 1 is 1.12 bits per heavy atom. The van der Waals surface area contributed by atoms with Gasteiger partial charge in [-0.05, 0) is 38.2 Å². The number of fused-ring (bicyclic) bond motifs is 1. The van der Waals surface area contributed by atoms with E-state index in [1.807, 2.05) is 55.6 Å². The molecule has 0 aliphatic carbocycles. The van der Waals surface area contributed by atoms with Gasteiger partial charge in [-0.1, -0.05) is 30.3 Å². The van der Waals surface area contributed by atoms with Crippen LogP contribution < -0.4 is 4.74 Å². The molecule has 0 aliphatic rings. The molecule has 2 atom stereocenters. The van der Waals surface area contributed by atoms with E-state index in [4.69, 9.17) is 9.72 Å². The molecule has 0 saturated carbocycles. The van der Waals surface area contributed by atoms with Crippen LogP contribution >= 0.6 is 11.3 Å². The summed E-state index contributed by atoms with van der Waals surface area (Å²) in [4.78, 5) is 6.81. The summed E-state index contributed by atoms with van der Waals surface area (Å²) in [7, 11) is 2.00. The molecule has 2 aromatic carbocycles. The molecule has 0 radical (unpaired) electrons. The van der Waals surface area contributed by atoms with Gasteiger partial charge in [-0.2, -0.15) is 0 Å². The SMILES string of the molecule is CC(c1nc2ccccc2s1)N(C)CC(O)COc1ccccc1. The maximum Gasteiger partial charge on any atom is 0.119 e. The third-order valence-electron chi connectivity index (χ3n) is 4.01. The number of ether oxygens (including phenoxy) is 1. The molecule has 1 aromatic heterocycles. The Bertz CT molecular complexity index is 742. The number of likely N-dealkylation sites (N-methyl/N-ethyl adjacent to an activating group) is 1. The summed E-state index contributed by atoms with van der Waals surface area (Å²) < 4.78 is 6.81. The first-order chi connectivity index (χ1) is 11.6. The fraction of sp³-hybridized carbons (Fsp3) is 0.316. The fourth-order valence-electron chi connectivity index (χ4n) is 2.51. The topological polar surface area (TPSA) is 45.6 Å². The van der Waals surface area contributed by atoms with Crippen molar-refractivity contribution in [2.75, 3.05) is 20.2 Å². The molecular weight excluding hydrogens is 320 g/mol. The van der Waals surface area contributed by atoms with Gasteiger partial charge >= 0.3 is 0 Å². The standard InChI is InChI=1S/C19H22N2O2S/c1-14(19-20-17-10-6-7-11-18(17)24-19)21(2)12-15(22)13-23-16-8-4-3-5-9-16/h3-11,14-15,22H,12-13H2,1-2H3. The highest BCUT2D eigenvalue weighted by molar-refractivity contribution is 7.18. The molecule has 3 rings (SSSR count). The third kappa shape index (κ3) is 4.12. The summed E-state index contributed by atoms with van der Waals surface area (Å²) in [6.45, 7) is 2.92. The van der Waals surface area contributed by atoms with Crippen LogP contribution in [-0.4, -0.2) is 41.3 Å². The Morgan fingerprint density at radius 2 is 1.83 bits per heavy atom. The first-order valence-electron chi connectivity index (χ1n) is 8.05. The van der Waals surface area contributed by atoms with E-state index in [-0.39, 0.29) is 12.6 Å². The first-order valence-corrected chi connectivity index (χ1v) is 8.87. The zero-order valence-electron chi connectivity index (χ0n) is 13.9. The molecule has 2 unspecified atom stereocenters. The Kier molecular flexibility index (Phi) is 5.45. The molecule has 126 valence electrons. The third-order valence-corrected chi connectivity index (χ3v) is 5.22. The number of para-hydroxylation sites is 2. The summed E-state index contributed by atoms with van der Waals surface area (Å²) in [6.07, 6.45) is -0.549. The van der Waals surface area contributed by atoms with Gasteiger partial charge in [0.25, 0.3) is 0 Å². The Morgan fingerprint density at radius 3 is 2.58 bits per heavy atom. The molecule has 24 heavy (non-hydrogen) atoms. The van der Waals surface area contributed by atoms with Gasteiger partial charge < -0.3 is 9.84 Å². The van der Waals surface area contributed by atoms with Crippen LogP contribution in [0, 0.1) is 0 Å². The molecule has 4 nitrogen and oxygen atoms in total. The lowest BCUT2D eigenvalue weighted by atomic mass is 10.2. The van der Waals surface area contributed by atoms with E-state index in [0.717, 1.165) is 16.3 Å². The fourth-order valence-corrected chi connectivity index (χ4v) is 3.59. The van der Waals surface area contributed by atoms with Gasteiger partial charge in [0.05, 0.1) is 16.3 Å². The number of aliphatic hydroxyl groups excluding tert-OH is 1. The summed E-state index contributed by atoms with van der Waals surface area (Å²) in [5.74, 6) is 0.776. The lowest BCUT2D eigenvalue weighted by molar-refractivity contribution is 0.0654. The van der Waals surface area contributed by atoms with E-state index in [2.05, 4.69) is 17.9 Å². The largest absolute Gasteiger partial charge is 0.491 e. The van der Waals surface area contributed by atoms with Crippen molar-refractivity contribution in [3.05, 3.63) is 59.6 Å². The lowest BCUT2D eigenvalue weighted by Gasteiger charge is -2.25. The highest BCUT2D eigenvalue weighted by atomic mass is 32.1. The number of hydrogen-bond donors (Lipinski definition) is 1. The normalized spacial score (nSPS) is 14.0. The van der Waals surface area contributed by atoms with Crippen molar-refractivity contribution in [1.29, 1.82) is 0 Å². The molecule has 0 bridgehead atoms. The second-order valence-corrected chi connectivity index (χ2v) is 6.98. The molecule has 0 aliphatic heterocycles. The van der Waals surface area contributed by atoms with Crippen LogP contribution in [0.4, 0.5) is 0 Å². The van der Waals surface area contributed by atoms with Crippen LogP contribution in [0.1, 0.15) is 18.0 Å². The van der Waals surface area contributed by atoms with Crippen molar-refractivity contribution in [2.45, 2.75) is 19.1 Å². The average Bonchev–Trinajstić information content (AvgIpc) is 3.04. The Balaban J connectivity index is 1.56. The zero-order chi connectivity index (χ0) is 16.9. The average molecular weight is 342 g/mol. The maximum atomic E-state index is 10.2. The van der Waals surface area contributed by atoms with Crippen LogP contribution in [0.5, 0.6) is 5.75 Å². The quantitative estimate of drug-likeness (QED) is 0.711. The molecular formula is C19H22N2O2S. The Hall–Kier alpha value is -1.95. The van der Waals surface area contributed by atoms with Crippen LogP contribution in [0.3, 0.4) is 0 Å². The minimum atomic E-state index is -0.549. The molecule has 0 spiro atoms. The van der Waals surface area contributed by atoms with Gasteiger partial charge in [0.1, 0.15) is 23.5 Å². The van der Waals surface area contributed by atoms with Crippen LogP contribution in [-0.2, 0) is 0 Å². The molecule has 3 aromatic rings. The van der Waals surface area contributed by atoms with E-state index in [1.54, 1.807) is 11.3 Å². The number of benzene rings is 2. The van der Waals surface area contributed by atoms with E-state index < -0.39 is 6.10 Å². The van der Waals surface area contributed by atoms with Gasteiger partial charge in [-0.25, -0.2) is 4.98 Å². The van der Waals surface area contributed by atoms with E-state index in [0.29, 0.717) is 6.54 Å². The summed E-state index contributed by atoms with van der Waals surface area (Å²) in [5, 5.41) is 11.3. The van der Waals surface area contributed by atoms with Crippen LogP contribution in [0.2, 0.25) is 0 Å². The summed E-state index contributed by atoms with van der Waals surface area (Å²) >= 11 is 1.71. The number of aromatic nitrogens is 1. The van der Waals surface area contributed by atoms with Crippen LogP contribution in [0.15, 0.2) is 54.6 Å².